The Bertz CT molecular complexity index is 2360. The summed E-state index contributed by atoms with van der Waals surface area (Å²) in [4.78, 5) is 25.1. The third kappa shape index (κ3) is 16.4. The molecule has 0 radical (unpaired) electrons. The van der Waals surface area contributed by atoms with Crippen LogP contribution >= 0.6 is 0 Å². The quantitative estimate of drug-likeness (QED) is 0.0452. The summed E-state index contributed by atoms with van der Waals surface area (Å²) in [6.07, 6.45) is -73.2. The lowest BCUT2D eigenvalue weighted by Crippen LogP contribution is -2.69. The highest BCUT2D eigenvalue weighted by atomic mass is 16.8. The van der Waals surface area contributed by atoms with Gasteiger partial charge in [0.15, 0.2) is 50.3 Å². The van der Waals surface area contributed by atoms with E-state index in [2.05, 4.69) is 10.6 Å². The van der Waals surface area contributed by atoms with Gasteiger partial charge < -0.3 is 199 Å². The third-order valence-electron chi connectivity index (χ3n) is 17.4. The lowest BCUT2D eigenvalue weighted by Gasteiger charge is -2.50. The van der Waals surface area contributed by atoms with Crippen molar-refractivity contribution in [1.29, 1.82) is 0 Å². The largest absolute Gasteiger partial charge is 0.394 e. The number of aliphatic hydroxyl groups excluding tert-OH is 23. The van der Waals surface area contributed by atoms with Gasteiger partial charge in [-0.25, -0.2) is 0 Å². The number of hydrogen-bond donors (Lipinski definition) is 25. The van der Waals surface area contributed by atoms with Gasteiger partial charge >= 0.3 is 0 Å². The second kappa shape index (κ2) is 33.3. The molecular formula is C52H88N2O40. The van der Waals surface area contributed by atoms with Gasteiger partial charge in [0.1, 0.15) is 189 Å². The van der Waals surface area contributed by atoms with Crippen molar-refractivity contribution in [1.82, 2.24) is 10.6 Å². The van der Waals surface area contributed by atoms with Crippen molar-refractivity contribution >= 4 is 11.8 Å². The van der Waals surface area contributed by atoms with Crippen molar-refractivity contribution < 1.29 is 198 Å². The van der Waals surface area contributed by atoms with Crippen LogP contribution < -0.4 is 10.6 Å². The monoisotopic (exact) mass is 1380 g/mol. The molecule has 0 spiro atoms. The summed E-state index contributed by atoms with van der Waals surface area (Å²) >= 11 is 0. The highest BCUT2D eigenvalue weighted by Gasteiger charge is 2.59. The maximum absolute atomic E-state index is 12.7. The number of aliphatic hydroxyl groups is 23. The van der Waals surface area contributed by atoms with Crippen LogP contribution in [0.2, 0.25) is 0 Å². The number of hydrogen-bond acceptors (Lipinski definition) is 40. The van der Waals surface area contributed by atoms with Crippen LogP contribution in [-0.4, -0.2) is 421 Å². The molecule has 8 aliphatic heterocycles. The van der Waals surface area contributed by atoms with Gasteiger partial charge in [-0.3, -0.25) is 9.59 Å². The van der Waals surface area contributed by atoms with E-state index in [1.807, 2.05) is 0 Å². The number of carbonyl (C=O) groups is 2. The molecule has 94 heavy (non-hydrogen) atoms. The Labute approximate surface area is 532 Å². The molecular weight excluding hydrogens is 1290 g/mol. The topological polar surface area (TPSA) is 662 Å². The molecule has 0 aliphatic carbocycles. The lowest BCUT2D eigenvalue weighted by atomic mass is 9.94. The van der Waals surface area contributed by atoms with Gasteiger partial charge in [-0.05, 0) is 6.92 Å². The zero-order valence-corrected chi connectivity index (χ0v) is 50.3. The molecule has 0 saturated carbocycles. The number of amides is 2. The van der Waals surface area contributed by atoms with Crippen molar-refractivity contribution in [3.05, 3.63) is 0 Å². The van der Waals surface area contributed by atoms with Crippen molar-refractivity contribution in [2.45, 2.75) is 266 Å². The van der Waals surface area contributed by atoms with E-state index in [1.54, 1.807) is 0 Å². The van der Waals surface area contributed by atoms with Gasteiger partial charge in [0.05, 0.1) is 52.4 Å². The normalized spacial score (nSPS) is 51.2. The first kappa shape index (κ1) is 77.2. The fourth-order valence-electron chi connectivity index (χ4n) is 12.1. The highest BCUT2D eigenvalue weighted by Crippen LogP contribution is 2.38. The summed E-state index contributed by atoms with van der Waals surface area (Å²) in [5.41, 5.74) is 0. The Morgan fingerprint density at radius 3 is 1.11 bits per heavy atom. The van der Waals surface area contributed by atoms with Gasteiger partial charge in [-0.2, -0.15) is 0 Å². The summed E-state index contributed by atoms with van der Waals surface area (Å²) in [5, 5.41) is 254. The smallest absolute Gasteiger partial charge is 0.217 e. The molecule has 8 heterocycles. The molecule has 8 saturated heterocycles. The molecule has 0 aromatic heterocycles. The van der Waals surface area contributed by atoms with E-state index in [0.717, 1.165) is 13.8 Å². The Morgan fingerprint density at radius 2 is 0.628 bits per heavy atom. The van der Waals surface area contributed by atoms with Crippen LogP contribution in [0.4, 0.5) is 0 Å². The lowest BCUT2D eigenvalue weighted by molar-refractivity contribution is -0.398. The molecule has 25 N–H and O–H groups in total. The summed E-state index contributed by atoms with van der Waals surface area (Å²) in [7, 11) is 0. The van der Waals surface area contributed by atoms with Crippen LogP contribution in [0.5, 0.6) is 0 Å². The SMILES string of the molecule is CC(=O)N[C@H]1[C@H](OC[C@H]2OC(O)[C@H](NC(C)=O)[C@@H](O[C@@H]3O[C@H](CO)[C@H](O[C@H]4O[C@H](CO)[C@H](O)[C@H](O)[C@H]4O)[C@H](O)[C@H]3O)[C@H]2O)O[C@H](CO)[C@@H](O[C@@H]2O[C@H](CO)[C@H](O[C@H]3O[C@H](CO)[C@H](O)[C@H](O[C@H]4O[C@H](CO)[C@H](O)[C@H](O)[C@H]4O[C@@H]4O[C@@H](C)[C@@H](O)[C@@H](O)[C@@H]4O)[C@H]3O)[C@H](O)[C@H]2O)[C@@H]1O. The van der Waals surface area contributed by atoms with Crippen LogP contribution in [-0.2, 0) is 80.6 Å². The van der Waals surface area contributed by atoms with Crippen LogP contribution in [0, 0.1) is 0 Å². The summed E-state index contributed by atoms with van der Waals surface area (Å²) < 4.78 is 85.7. The van der Waals surface area contributed by atoms with Crippen molar-refractivity contribution in [2.24, 2.45) is 0 Å². The Kier molecular flexibility index (Phi) is 27.3. The Morgan fingerprint density at radius 1 is 0.298 bits per heavy atom. The maximum atomic E-state index is 12.7. The zero-order chi connectivity index (χ0) is 69.2. The predicted molar refractivity (Wildman–Crippen MR) is 286 cm³/mol. The van der Waals surface area contributed by atoms with Crippen LogP contribution in [0.1, 0.15) is 20.8 Å². The number of rotatable bonds is 23. The van der Waals surface area contributed by atoms with Crippen molar-refractivity contribution in [3.63, 3.8) is 0 Å². The van der Waals surface area contributed by atoms with Gasteiger partial charge in [-0.1, -0.05) is 0 Å². The minimum atomic E-state index is -2.28. The van der Waals surface area contributed by atoms with Gasteiger partial charge in [0, 0.05) is 13.8 Å². The molecule has 0 aromatic rings. The standard InChI is InChI=1S/C52H88N2O40/c1-11-23(63)29(69)34(74)47(81-11)94-44-31(71)25(65)15(5-56)85-52(44)93-43-26(66)16(6-57)84-51(38(43)78)91-41-19(9-60)87-49(36(76)32(41)72)89-39-17(7-58)86-46(21(28(39)68)53-12(2)61)80-10-20-27(67)42(22(45(79)82-20)54-13(3)62)92-50-37(77)33(73)40(18(8-59)88-50)90-48-35(75)30(70)24(64)14(4-55)83-48/h11,14-52,55-60,63-79H,4-10H2,1-3H3,(H,53,61)(H,54,62)/t11-,14+,15+,16+,17+,18+,19+,20+,21+,22+,23+,24-,25-,26-,27-,28+,29+,30-,31-,32+,33+,34-,35+,36+,37+,38+,39+,40-,41-,42+,43-,44+,45?,46+,47-,48+,49-,50-,51+,52+/m0/s1. The molecule has 8 aliphatic rings. The Hall–Kier alpha value is -2.58. The van der Waals surface area contributed by atoms with Crippen LogP contribution in [0.3, 0.4) is 0 Å². The van der Waals surface area contributed by atoms with Gasteiger partial charge in [-0.15, -0.1) is 0 Å². The molecule has 42 heteroatoms. The van der Waals surface area contributed by atoms with Crippen molar-refractivity contribution in [3.8, 4) is 0 Å². The van der Waals surface area contributed by atoms with E-state index < -0.39 is 304 Å². The fourth-order valence-corrected chi connectivity index (χ4v) is 12.1. The van der Waals surface area contributed by atoms with E-state index in [9.17, 15) is 127 Å². The molecule has 546 valence electrons. The first-order chi connectivity index (χ1) is 44.4. The second-order valence-corrected chi connectivity index (χ2v) is 23.9. The van der Waals surface area contributed by atoms with E-state index in [4.69, 9.17) is 71.1 Å². The summed E-state index contributed by atoms with van der Waals surface area (Å²) in [6.45, 7) is -3.67. The average molecular weight is 1380 g/mol. The van der Waals surface area contributed by atoms with Crippen LogP contribution in [0.15, 0.2) is 0 Å². The van der Waals surface area contributed by atoms with Crippen molar-refractivity contribution in [2.75, 3.05) is 46.2 Å². The molecule has 40 atom stereocenters. The summed E-state index contributed by atoms with van der Waals surface area (Å²) in [6, 6.07) is -3.46. The average Bonchev–Trinajstić information content (AvgIpc) is 0.781. The first-order valence-electron chi connectivity index (χ1n) is 30.0. The third-order valence-corrected chi connectivity index (χ3v) is 17.4. The minimum Gasteiger partial charge on any atom is -0.394 e. The van der Waals surface area contributed by atoms with E-state index >= 15 is 0 Å². The minimum absolute atomic E-state index is 0.826. The first-order valence-corrected chi connectivity index (χ1v) is 30.0. The fraction of sp³-hybridized carbons (Fsp3) is 0.962. The van der Waals surface area contributed by atoms with E-state index in [1.165, 1.54) is 6.92 Å². The molecule has 42 nitrogen and oxygen atoms in total. The molecule has 0 bridgehead atoms. The number of ether oxygens (including phenoxy) is 15. The predicted octanol–water partition coefficient (Wildman–Crippen LogP) is -17.1. The molecule has 1 unspecified atom stereocenters. The number of carbonyl (C=O) groups excluding carboxylic acids is 2. The van der Waals surface area contributed by atoms with Gasteiger partial charge in [0.25, 0.3) is 0 Å². The van der Waals surface area contributed by atoms with Crippen LogP contribution in [0.25, 0.3) is 0 Å². The number of nitrogens with one attached hydrogen (secondary N) is 2. The Balaban J connectivity index is 0.927. The molecule has 8 fully saturated rings. The molecule has 8 rings (SSSR count). The highest BCUT2D eigenvalue weighted by molar-refractivity contribution is 5.73. The molecule has 0 aromatic carbocycles. The van der Waals surface area contributed by atoms with Gasteiger partial charge in [0.2, 0.25) is 11.8 Å². The summed E-state index contributed by atoms with van der Waals surface area (Å²) in [5.74, 6) is -1.68. The zero-order valence-electron chi connectivity index (χ0n) is 50.3. The second-order valence-electron chi connectivity index (χ2n) is 23.9. The van der Waals surface area contributed by atoms with E-state index in [0.29, 0.717) is 0 Å². The maximum Gasteiger partial charge on any atom is 0.217 e. The molecule has 2 amide bonds. The van der Waals surface area contributed by atoms with E-state index in [-0.39, 0.29) is 0 Å².